The number of ether oxygens (including phenoxy) is 1. The van der Waals surface area contributed by atoms with Gasteiger partial charge in [-0.15, -0.1) is 0 Å². The fraction of sp³-hybridized carbons (Fsp3) is 0.0455. The number of nitrogens with one attached hydrogen (secondary N) is 3. The van der Waals surface area contributed by atoms with Crippen LogP contribution < -0.4 is 20.9 Å². The van der Waals surface area contributed by atoms with Gasteiger partial charge in [0, 0.05) is 10.6 Å². The molecule has 0 spiro atoms. The lowest BCUT2D eigenvalue weighted by Gasteiger charge is -2.12. The number of carbonyl (C=O) groups is 2. The first-order valence-electron chi connectivity index (χ1n) is 9.06. The van der Waals surface area contributed by atoms with Gasteiger partial charge in [-0.2, -0.15) is 0 Å². The van der Waals surface area contributed by atoms with E-state index in [9.17, 15) is 9.59 Å². The predicted octanol–water partition coefficient (Wildman–Crippen LogP) is 4.37. The van der Waals surface area contributed by atoms with Crippen molar-refractivity contribution in [3.63, 3.8) is 0 Å². The fourth-order valence-corrected chi connectivity index (χ4v) is 3.16. The van der Waals surface area contributed by atoms with Crippen LogP contribution in [0.2, 0.25) is 10.0 Å². The van der Waals surface area contributed by atoms with E-state index in [1.54, 1.807) is 24.3 Å². The highest BCUT2D eigenvalue weighted by atomic mass is 35.5. The average molecular weight is 474 g/mol. The third-order valence-corrected chi connectivity index (χ3v) is 4.78. The monoisotopic (exact) mass is 473 g/mol. The van der Waals surface area contributed by atoms with Gasteiger partial charge < -0.3 is 4.74 Å². The summed E-state index contributed by atoms with van der Waals surface area (Å²) in [6, 6.07) is 21.6. The Kier molecular flexibility index (Phi) is 7.83. The highest BCUT2D eigenvalue weighted by Crippen LogP contribution is 2.27. The van der Waals surface area contributed by atoms with Gasteiger partial charge in [0.25, 0.3) is 11.8 Å². The van der Waals surface area contributed by atoms with Crippen molar-refractivity contribution in [1.82, 2.24) is 16.2 Å². The van der Waals surface area contributed by atoms with Crippen molar-refractivity contribution < 1.29 is 14.3 Å². The van der Waals surface area contributed by atoms with Gasteiger partial charge in [0.15, 0.2) is 11.7 Å². The molecule has 31 heavy (non-hydrogen) atoms. The first kappa shape index (κ1) is 22.6. The van der Waals surface area contributed by atoms with Crippen molar-refractivity contribution >= 4 is 52.3 Å². The maximum atomic E-state index is 12.3. The molecule has 6 nitrogen and oxygen atoms in total. The molecule has 0 atom stereocenters. The third kappa shape index (κ3) is 6.68. The Morgan fingerprint density at radius 3 is 2.23 bits per heavy atom. The zero-order valence-corrected chi connectivity index (χ0v) is 18.4. The number of hydrazine groups is 1. The number of thiocarbonyl (C=S) groups is 1. The van der Waals surface area contributed by atoms with Gasteiger partial charge >= 0.3 is 0 Å². The average Bonchev–Trinajstić information content (AvgIpc) is 2.78. The van der Waals surface area contributed by atoms with Gasteiger partial charge in [0.1, 0.15) is 5.75 Å². The molecule has 0 aliphatic rings. The molecule has 0 aromatic heterocycles. The number of halogens is 2. The summed E-state index contributed by atoms with van der Waals surface area (Å²) in [6.07, 6.45) is 0. The summed E-state index contributed by atoms with van der Waals surface area (Å²) in [7, 11) is 0. The summed E-state index contributed by atoms with van der Waals surface area (Å²) in [5, 5.41) is 3.17. The molecular formula is C22H17Cl2N3O3S. The second-order valence-corrected chi connectivity index (χ2v) is 7.52. The Balaban J connectivity index is 1.44. The van der Waals surface area contributed by atoms with E-state index in [1.165, 1.54) is 6.07 Å². The molecule has 0 saturated carbocycles. The van der Waals surface area contributed by atoms with Crippen LogP contribution in [0.5, 0.6) is 5.75 Å². The van der Waals surface area contributed by atoms with E-state index >= 15 is 0 Å². The molecule has 0 saturated heterocycles. The second-order valence-electron chi connectivity index (χ2n) is 6.26. The summed E-state index contributed by atoms with van der Waals surface area (Å²) in [5.41, 5.74) is 7.25. The number of carbonyl (C=O) groups excluding carboxylic acids is 2. The molecule has 9 heteroatoms. The Bertz CT molecular complexity index is 1090. The number of rotatable bonds is 5. The quantitative estimate of drug-likeness (QED) is 0.378. The lowest BCUT2D eigenvalue weighted by atomic mass is 10.0. The van der Waals surface area contributed by atoms with E-state index in [0.717, 1.165) is 11.1 Å². The lowest BCUT2D eigenvalue weighted by Crippen LogP contribution is -2.49. The molecule has 0 aliphatic carbocycles. The van der Waals surface area contributed by atoms with Gasteiger partial charge in [-0.3, -0.25) is 25.8 Å². The third-order valence-electron chi connectivity index (χ3n) is 4.05. The van der Waals surface area contributed by atoms with Gasteiger partial charge in [-0.05, 0) is 53.7 Å². The van der Waals surface area contributed by atoms with Crippen molar-refractivity contribution in [3.05, 3.63) is 88.4 Å². The molecule has 3 N–H and O–H groups in total. The largest absolute Gasteiger partial charge is 0.482 e. The zero-order valence-electron chi connectivity index (χ0n) is 16.0. The smallest absolute Gasteiger partial charge is 0.276 e. The molecule has 158 valence electrons. The van der Waals surface area contributed by atoms with Crippen LogP contribution >= 0.6 is 35.4 Å². The molecule has 0 aliphatic heterocycles. The van der Waals surface area contributed by atoms with Crippen molar-refractivity contribution in [3.8, 4) is 16.9 Å². The number of hydrogen-bond donors (Lipinski definition) is 3. The van der Waals surface area contributed by atoms with Gasteiger partial charge in [-0.25, -0.2) is 0 Å². The Morgan fingerprint density at radius 2 is 1.55 bits per heavy atom. The zero-order chi connectivity index (χ0) is 22.2. The Labute approximate surface area is 194 Å². The van der Waals surface area contributed by atoms with E-state index in [4.69, 9.17) is 40.2 Å². The molecule has 0 fully saturated rings. The molecule has 0 radical (unpaired) electrons. The van der Waals surface area contributed by atoms with Gasteiger partial charge in [-0.1, -0.05) is 65.7 Å². The molecule has 3 rings (SSSR count). The Morgan fingerprint density at radius 1 is 0.871 bits per heavy atom. The van der Waals surface area contributed by atoms with Gasteiger partial charge in [0.05, 0.1) is 5.02 Å². The normalized spacial score (nSPS) is 10.1. The van der Waals surface area contributed by atoms with E-state index < -0.39 is 11.8 Å². The number of hydrogen-bond acceptors (Lipinski definition) is 4. The highest BCUT2D eigenvalue weighted by Gasteiger charge is 2.10. The highest BCUT2D eigenvalue weighted by molar-refractivity contribution is 7.80. The summed E-state index contributed by atoms with van der Waals surface area (Å²) in [4.78, 5) is 24.2. The maximum Gasteiger partial charge on any atom is 0.276 e. The molecule has 0 heterocycles. The molecule has 0 unspecified atom stereocenters. The van der Waals surface area contributed by atoms with Crippen molar-refractivity contribution in [2.75, 3.05) is 6.61 Å². The number of amides is 2. The van der Waals surface area contributed by atoms with Crippen LogP contribution in [-0.4, -0.2) is 23.5 Å². The fourth-order valence-electron chi connectivity index (χ4n) is 2.55. The van der Waals surface area contributed by atoms with Crippen molar-refractivity contribution in [2.24, 2.45) is 0 Å². The summed E-state index contributed by atoms with van der Waals surface area (Å²) < 4.78 is 5.31. The molecule has 3 aromatic rings. The minimum atomic E-state index is -0.519. The van der Waals surface area contributed by atoms with E-state index in [-0.39, 0.29) is 16.7 Å². The molecule has 2 amide bonds. The van der Waals surface area contributed by atoms with Crippen LogP contribution in [0.3, 0.4) is 0 Å². The first-order valence-corrected chi connectivity index (χ1v) is 10.2. The van der Waals surface area contributed by atoms with Crippen LogP contribution in [0.15, 0.2) is 72.8 Å². The summed E-state index contributed by atoms with van der Waals surface area (Å²) >= 11 is 16.8. The van der Waals surface area contributed by atoms with Crippen LogP contribution in [0, 0.1) is 0 Å². The van der Waals surface area contributed by atoms with Crippen LogP contribution in [0.1, 0.15) is 10.4 Å². The second kappa shape index (κ2) is 10.8. The predicted molar refractivity (Wildman–Crippen MR) is 125 cm³/mol. The van der Waals surface area contributed by atoms with Crippen LogP contribution in [-0.2, 0) is 4.79 Å². The molecule has 0 bridgehead atoms. The lowest BCUT2D eigenvalue weighted by molar-refractivity contribution is -0.123. The Hall–Kier alpha value is -3.13. The topological polar surface area (TPSA) is 79.5 Å². The SMILES string of the molecule is O=C(COc1ccc(Cl)cc1Cl)NNC(=S)NC(=O)c1ccc(-c2ccccc2)cc1. The molecular weight excluding hydrogens is 457 g/mol. The van der Waals surface area contributed by atoms with E-state index in [2.05, 4.69) is 16.2 Å². The summed E-state index contributed by atoms with van der Waals surface area (Å²) in [5.74, 6) is -0.610. The van der Waals surface area contributed by atoms with E-state index in [0.29, 0.717) is 16.3 Å². The summed E-state index contributed by atoms with van der Waals surface area (Å²) in [6.45, 7) is -0.314. The van der Waals surface area contributed by atoms with Crippen molar-refractivity contribution in [2.45, 2.75) is 0 Å². The van der Waals surface area contributed by atoms with Gasteiger partial charge in [0.2, 0.25) is 0 Å². The first-order chi connectivity index (χ1) is 14.9. The van der Waals surface area contributed by atoms with Crippen LogP contribution in [0.4, 0.5) is 0 Å². The minimum Gasteiger partial charge on any atom is -0.482 e. The molecule has 3 aromatic carbocycles. The van der Waals surface area contributed by atoms with Crippen molar-refractivity contribution in [1.29, 1.82) is 0 Å². The maximum absolute atomic E-state index is 12.3. The van der Waals surface area contributed by atoms with E-state index in [1.807, 2.05) is 42.5 Å². The standard InChI is InChI=1S/C22H17Cl2N3O3S/c23-17-10-11-19(18(24)12-17)30-13-20(28)26-27-22(31)25-21(29)16-8-6-15(7-9-16)14-4-2-1-3-5-14/h1-12H,13H2,(H,26,28)(H2,25,27,29,31). The van der Waals surface area contributed by atoms with Crippen LogP contribution in [0.25, 0.3) is 11.1 Å². The number of benzene rings is 3. The minimum absolute atomic E-state index is 0.0602.